The van der Waals surface area contributed by atoms with Crippen molar-refractivity contribution in [3.8, 4) is 23.0 Å². The summed E-state index contributed by atoms with van der Waals surface area (Å²) in [5.74, 6) is 1.73. The maximum Gasteiger partial charge on any atom is 0.519 e. The number of rotatable bonds is 14. The van der Waals surface area contributed by atoms with Gasteiger partial charge in [0.1, 0.15) is 23.0 Å². The summed E-state index contributed by atoms with van der Waals surface area (Å²) in [4.78, 5) is 39.4. The molecule has 7 heteroatoms. The Bertz CT molecular complexity index is 2030. The van der Waals surface area contributed by atoms with E-state index in [0.29, 0.717) is 80.3 Å². The second-order valence-electron chi connectivity index (χ2n) is 17.5. The van der Waals surface area contributed by atoms with E-state index in [1.54, 1.807) is 0 Å². The first-order chi connectivity index (χ1) is 26.1. The lowest BCUT2D eigenvalue weighted by atomic mass is 9.76. The molecule has 4 aromatic rings. The van der Waals surface area contributed by atoms with Crippen LogP contribution in [-0.2, 0) is 20.4 Å². The quantitative estimate of drug-likeness (QED) is 0.0547. The Hall–Kier alpha value is -4.91. The molecule has 0 aliphatic rings. The van der Waals surface area contributed by atoms with Crippen molar-refractivity contribution in [3.05, 3.63) is 94.1 Å². The normalized spacial score (nSPS) is 12.8. The minimum atomic E-state index is -0.910. The van der Waals surface area contributed by atoms with Crippen molar-refractivity contribution in [2.75, 3.05) is 0 Å². The smallest absolute Gasteiger partial charge is 0.426 e. The highest BCUT2D eigenvalue weighted by molar-refractivity contribution is 6.00. The molecule has 4 rings (SSSR count). The summed E-state index contributed by atoms with van der Waals surface area (Å²) < 4.78 is 24.6. The summed E-state index contributed by atoms with van der Waals surface area (Å²) in [6.45, 7) is 28.1. The molecular weight excluding hydrogens is 701 g/mol. The molecular formula is C49H62O7. The zero-order valence-electron chi connectivity index (χ0n) is 36.1. The summed E-state index contributed by atoms with van der Waals surface area (Å²) in [5, 5.41) is 2.53. The average Bonchev–Trinajstić information content (AvgIpc) is 3.09. The Balaban J connectivity index is 1.96. The number of carbonyl (C=O) groups is 3. The first-order valence-corrected chi connectivity index (χ1v) is 19.8. The molecule has 0 saturated heterocycles. The van der Waals surface area contributed by atoms with E-state index in [9.17, 15) is 14.4 Å². The molecule has 0 heterocycles. The monoisotopic (exact) mass is 762 g/mol. The van der Waals surface area contributed by atoms with Crippen LogP contribution in [0.5, 0.6) is 23.0 Å². The minimum absolute atomic E-state index is 0.351. The number of hydrogen-bond acceptors (Lipinski definition) is 7. The lowest BCUT2D eigenvalue weighted by Gasteiger charge is -2.31. The van der Waals surface area contributed by atoms with Gasteiger partial charge in [0.25, 0.3) is 0 Å². The Morgan fingerprint density at radius 2 is 0.839 bits per heavy atom. The lowest BCUT2D eigenvalue weighted by Crippen LogP contribution is -2.25. The highest BCUT2D eigenvalue weighted by Crippen LogP contribution is 2.50. The van der Waals surface area contributed by atoms with Crippen LogP contribution in [0.1, 0.15) is 131 Å². The van der Waals surface area contributed by atoms with Crippen molar-refractivity contribution in [2.24, 2.45) is 11.8 Å². The van der Waals surface area contributed by atoms with Gasteiger partial charge in [-0.2, -0.15) is 0 Å². The van der Waals surface area contributed by atoms with Gasteiger partial charge in [0.15, 0.2) is 0 Å². The van der Waals surface area contributed by atoms with Gasteiger partial charge >= 0.3 is 18.1 Å². The molecule has 0 aliphatic heterocycles. The fraction of sp³-hybridized carbons (Fsp3) is 0.449. The zero-order valence-corrected chi connectivity index (χ0v) is 36.1. The van der Waals surface area contributed by atoms with E-state index < -0.39 is 28.9 Å². The number of carbonyl (C=O) groups excluding carboxylic acids is 3. The molecule has 0 aliphatic carbocycles. The molecule has 7 nitrogen and oxygen atoms in total. The van der Waals surface area contributed by atoms with Crippen molar-refractivity contribution < 1.29 is 33.3 Å². The van der Waals surface area contributed by atoms with E-state index in [-0.39, 0.29) is 0 Å². The van der Waals surface area contributed by atoms with Gasteiger partial charge in [-0.15, -0.1) is 0 Å². The third kappa shape index (κ3) is 10.3. The maximum absolute atomic E-state index is 14.5. The average molecular weight is 763 g/mol. The molecule has 300 valence electrons. The van der Waals surface area contributed by atoms with Gasteiger partial charge in [-0.05, 0) is 87.2 Å². The second-order valence-corrected chi connectivity index (χ2v) is 17.5. The number of allylic oxidation sites excluding steroid dienone is 4. The Labute approximate surface area is 334 Å². The molecule has 0 atom stereocenters. The summed E-state index contributed by atoms with van der Waals surface area (Å²) in [6, 6.07) is 14.9. The summed E-state index contributed by atoms with van der Waals surface area (Å²) in [7, 11) is 0. The van der Waals surface area contributed by atoms with Crippen molar-refractivity contribution in [1.82, 2.24) is 0 Å². The van der Waals surface area contributed by atoms with Crippen molar-refractivity contribution >= 4 is 39.6 Å². The van der Waals surface area contributed by atoms with Gasteiger partial charge in [-0.25, -0.2) is 4.79 Å². The van der Waals surface area contributed by atoms with E-state index in [0.717, 1.165) is 24.0 Å². The van der Waals surface area contributed by atoms with Gasteiger partial charge in [0.2, 0.25) is 0 Å². The number of benzene rings is 4. The number of hydrogen-bond donors (Lipinski definition) is 0. The van der Waals surface area contributed by atoms with Crippen LogP contribution in [-0.4, -0.2) is 18.1 Å². The van der Waals surface area contributed by atoms with Crippen LogP contribution in [0.2, 0.25) is 0 Å². The molecule has 0 bridgehead atoms. The van der Waals surface area contributed by atoms with Crippen LogP contribution in [0.25, 0.3) is 21.5 Å². The van der Waals surface area contributed by atoms with Crippen LogP contribution in [0.3, 0.4) is 0 Å². The van der Waals surface area contributed by atoms with E-state index in [1.807, 2.05) is 62.4 Å². The molecule has 0 radical (unpaired) electrons. The molecule has 0 spiro atoms. The number of esters is 2. The largest absolute Gasteiger partial charge is 0.519 e. The maximum atomic E-state index is 14.5. The molecule has 4 aromatic carbocycles. The van der Waals surface area contributed by atoms with E-state index >= 15 is 0 Å². The van der Waals surface area contributed by atoms with Crippen molar-refractivity contribution in [2.45, 2.75) is 133 Å². The van der Waals surface area contributed by atoms with Gasteiger partial charge < -0.3 is 18.9 Å². The van der Waals surface area contributed by atoms with Gasteiger partial charge in [-0.3, -0.25) is 9.59 Å². The molecule has 0 fully saturated rings. The first kappa shape index (κ1) is 43.8. The van der Waals surface area contributed by atoms with E-state index in [4.69, 9.17) is 18.9 Å². The Kier molecular flexibility index (Phi) is 14.0. The first-order valence-electron chi connectivity index (χ1n) is 19.8. The highest BCUT2D eigenvalue weighted by atomic mass is 16.7. The van der Waals surface area contributed by atoms with Crippen molar-refractivity contribution in [3.63, 3.8) is 0 Å². The SMILES string of the molecule is CC(=O)Oc1c(C)c(C(C)(C)C/C=C(\C)CC(C)C)c(OC(=O)Oc2c(C(C)(C)C/C=C(\C)CC(C)C)c(C)c(OC(C)=O)c3ccccc23)c2ccccc12. The van der Waals surface area contributed by atoms with Crippen LogP contribution in [0, 0.1) is 25.7 Å². The molecule has 0 unspecified atom stereocenters. The molecule has 0 saturated carbocycles. The van der Waals surface area contributed by atoms with Crippen LogP contribution >= 0.6 is 0 Å². The third-order valence-corrected chi connectivity index (χ3v) is 10.3. The molecule has 0 amide bonds. The van der Waals surface area contributed by atoms with Crippen LogP contribution in [0.15, 0.2) is 71.8 Å². The topological polar surface area (TPSA) is 88.1 Å². The molecule has 56 heavy (non-hydrogen) atoms. The van der Waals surface area contributed by atoms with Crippen molar-refractivity contribution in [1.29, 1.82) is 0 Å². The molecule has 0 N–H and O–H groups in total. The third-order valence-electron chi connectivity index (χ3n) is 10.3. The molecule has 0 aromatic heterocycles. The minimum Gasteiger partial charge on any atom is -0.426 e. The number of ether oxygens (including phenoxy) is 4. The van der Waals surface area contributed by atoms with Gasteiger partial charge in [0, 0.05) is 46.5 Å². The van der Waals surface area contributed by atoms with Crippen LogP contribution in [0.4, 0.5) is 4.79 Å². The summed E-state index contributed by atoms with van der Waals surface area (Å²) in [6.07, 6.45) is 6.82. The highest BCUT2D eigenvalue weighted by Gasteiger charge is 2.35. The van der Waals surface area contributed by atoms with Gasteiger partial charge in [0.05, 0.1) is 0 Å². The summed E-state index contributed by atoms with van der Waals surface area (Å²) >= 11 is 0. The number of fused-ring (bicyclic) bond motifs is 2. The Morgan fingerprint density at radius 1 is 0.536 bits per heavy atom. The van der Waals surface area contributed by atoms with E-state index in [2.05, 4.69) is 81.4 Å². The fourth-order valence-corrected chi connectivity index (χ4v) is 8.10. The second kappa shape index (κ2) is 17.9. The fourth-order valence-electron chi connectivity index (χ4n) is 8.10. The predicted molar refractivity (Wildman–Crippen MR) is 228 cm³/mol. The zero-order chi connectivity index (χ0) is 41.7. The van der Waals surface area contributed by atoms with E-state index in [1.165, 1.54) is 25.0 Å². The summed E-state index contributed by atoms with van der Waals surface area (Å²) in [5.41, 5.74) is 4.34. The predicted octanol–water partition coefficient (Wildman–Crippen LogP) is 13.4. The Morgan fingerprint density at radius 3 is 1.12 bits per heavy atom. The standard InChI is InChI=1S/C49H62O7/c1-29(2)27-31(5)23-25-48(11,12)41-33(7)43(53-35(9)50)37-19-15-17-21-39(37)45(41)55-47(52)56-46-40-22-18-16-20-38(40)44(54-36(10)51)34(8)42(46)49(13,14)26-24-32(6)28-30(3)4/h15-24,29-30H,25-28H2,1-14H3/b31-23+,32-24+. The lowest BCUT2D eigenvalue weighted by molar-refractivity contribution is -0.132. The van der Waals surface area contributed by atoms with Crippen LogP contribution < -0.4 is 18.9 Å². The van der Waals surface area contributed by atoms with Gasteiger partial charge in [-0.1, -0.05) is 127 Å².